The molecule has 122 valence electrons. The molecule has 0 saturated carbocycles. The third kappa shape index (κ3) is 5.67. The predicted octanol–water partition coefficient (Wildman–Crippen LogP) is 3.53. The monoisotopic (exact) mass is 371 g/mol. The lowest BCUT2D eigenvalue weighted by Gasteiger charge is -2.23. The zero-order valence-corrected chi connectivity index (χ0v) is 14.9. The Morgan fingerprint density at radius 3 is 2.50 bits per heavy atom. The van der Waals surface area contributed by atoms with E-state index in [0.717, 1.165) is 15.8 Å². The molecule has 0 spiro atoms. The molecule has 1 aromatic rings. The fourth-order valence-electron chi connectivity index (χ4n) is 2.23. The molecule has 1 atom stereocenters. The Balaban J connectivity index is 2.68. The fourth-order valence-corrected chi connectivity index (χ4v) is 2.79. The van der Waals surface area contributed by atoms with Crippen LogP contribution in [0.2, 0.25) is 0 Å². The minimum absolute atomic E-state index is 0.0388. The van der Waals surface area contributed by atoms with E-state index in [-0.39, 0.29) is 24.8 Å². The lowest BCUT2D eigenvalue weighted by Crippen LogP contribution is -2.31. The molecule has 6 heteroatoms. The molecule has 5 nitrogen and oxygen atoms in total. The number of methoxy groups -OCH3 is 1. The number of benzene rings is 1. The average Bonchev–Trinajstić information content (AvgIpc) is 2.35. The van der Waals surface area contributed by atoms with E-state index in [2.05, 4.69) is 21.2 Å². The van der Waals surface area contributed by atoms with E-state index in [1.807, 2.05) is 25.1 Å². The van der Waals surface area contributed by atoms with Crippen LogP contribution in [0.25, 0.3) is 0 Å². The van der Waals surface area contributed by atoms with Crippen LogP contribution in [0.1, 0.15) is 45.2 Å². The molecule has 1 amide bonds. The molecule has 1 rings (SSSR count). The molecule has 1 aromatic carbocycles. The smallest absolute Gasteiger partial charge is 0.303 e. The highest BCUT2D eigenvalue weighted by Gasteiger charge is 2.26. The molecule has 0 heterocycles. The van der Waals surface area contributed by atoms with Crippen molar-refractivity contribution in [3.63, 3.8) is 0 Å². The highest BCUT2D eigenvalue weighted by molar-refractivity contribution is 9.10. The molecular weight excluding hydrogens is 350 g/mol. The molecule has 0 fully saturated rings. The lowest BCUT2D eigenvalue weighted by atomic mass is 9.85. The summed E-state index contributed by atoms with van der Waals surface area (Å²) in [5, 5.41) is 11.7. The Morgan fingerprint density at radius 2 is 2.00 bits per heavy atom. The van der Waals surface area contributed by atoms with Crippen LogP contribution in [0.3, 0.4) is 0 Å². The minimum atomic E-state index is -0.898. The first kappa shape index (κ1) is 18.5. The van der Waals surface area contributed by atoms with Gasteiger partial charge in [0.05, 0.1) is 24.0 Å². The van der Waals surface area contributed by atoms with E-state index >= 15 is 0 Å². The van der Waals surface area contributed by atoms with Gasteiger partial charge in [-0.05, 0) is 46.0 Å². The summed E-state index contributed by atoms with van der Waals surface area (Å²) >= 11 is 3.41. The molecular formula is C16H22BrNO4. The van der Waals surface area contributed by atoms with Gasteiger partial charge in [0.15, 0.2) is 0 Å². The molecule has 0 aliphatic heterocycles. The number of hydrogen-bond donors (Lipinski definition) is 2. The Bertz CT molecular complexity index is 557. The van der Waals surface area contributed by atoms with Gasteiger partial charge in [-0.3, -0.25) is 9.59 Å². The quantitative estimate of drug-likeness (QED) is 0.768. The molecule has 0 radical (unpaired) electrons. The number of carbonyl (C=O) groups excluding carboxylic acids is 1. The Kier molecular flexibility index (Phi) is 6.41. The Hall–Kier alpha value is -1.56. The van der Waals surface area contributed by atoms with Gasteiger partial charge in [-0.25, -0.2) is 0 Å². The van der Waals surface area contributed by atoms with Crippen LogP contribution in [0.4, 0.5) is 0 Å². The molecule has 22 heavy (non-hydrogen) atoms. The van der Waals surface area contributed by atoms with E-state index in [1.165, 1.54) is 0 Å². The van der Waals surface area contributed by atoms with Crippen molar-refractivity contribution in [3.05, 3.63) is 28.2 Å². The van der Waals surface area contributed by atoms with Gasteiger partial charge in [-0.2, -0.15) is 0 Å². The van der Waals surface area contributed by atoms with Crippen LogP contribution in [0.5, 0.6) is 5.75 Å². The zero-order valence-electron chi connectivity index (χ0n) is 13.3. The first-order valence-corrected chi connectivity index (χ1v) is 7.78. The summed E-state index contributed by atoms with van der Waals surface area (Å²) in [7, 11) is 1.59. The SMILES string of the molecule is COc1ccc(C(C)NC(=O)CC(C)(C)CC(=O)O)cc1Br. The van der Waals surface area contributed by atoms with Crippen LogP contribution in [-0.2, 0) is 9.59 Å². The number of aliphatic carboxylic acids is 1. The van der Waals surface area contributed by atoms with Crippen molar-refractivity contribution < 1.29 is 19.4 Å². The largest absolute Gasteiger partial charge is 0.496 e. The van der Waals surface area contributed by atoms with Crippen molar-refractivity contribution in [2.45, 2.75) is 39.7 Å². The number of halogens is 1. The third-order valence-corrected chi connectivity index (χ3v) is 3.94. The summed E-state index contributed by atoms with van der Waals surface area (Å²) in [6.07, 6.45) is 0.129. The van der Waals surface area contributed by atoms with Gasteiger partial charge in [0.1, 0.15) is 5.75 Å². The number of carboxylic acids is 1. The van der Waals surface area contributed by atoms with E-state index < -0.39 is 11.4 Å². The maximum absolute atomic E-state index is 12.1. The molecule has 1 unspecified atom stereocenters. The minimum Gasteiger partial charge on any atom is -0.496 e. The van der Waals surface area contributed by atoms with E-state index in [4.69, 9.17) is 9.84 Å². The lowest BCUT2D eigenvalue weighted by molar-refractivity contribution is -0.139. The standard InChI is InChI=1S/C16H22BrNO4/c1-10(11-5-6-13(22-4)12(17)7-11)18-14(19)8-16(2,3)9-15(20)21/h5-7,10H,8-9H2,1-4H3,(H,18,19)(H,20,21). The zero-order chi connectivity index (χ0) is 16.9. The normalized spacial score (nSPS) is 12.6. The third-order valence-electron chi connectivity index (χ3n) is 3.32. The van der Waals surface area contributed by atoms with E-state index in [1.54, 1.807) is 21.0 Å². The predicted molar refractivity (Wildman–Crippen MR) is 87.9 cm³/mol. The van der Waals surface area contributed by atoms with E-state index in [9.17, 15) is 9.59 Å². The summed E-state index contributed by atoms with van der Waals surface area (Å²) in [6.45, 7) is 5.43. The Labute approximate surface area is 139 Å². The van der Waals surface area contributed by atoms with Crippen LogP contribution in [0, 0.1) is 5.41 Å². The first-order chi connectivity index (χ1) is 10.1. The average molecular weight is 372 g/mol. The summed E-state index contributed by atoms with van der Waals surface area (Å²) in [5.74, 6) is -0.333. The van der Waals surface area contributed by atoms with Gasteiger partial charge < -0.3 is 15.2 Å². The van der Waals surface area contributed by atoms with Crippen molar-refractivity contribution in [1.29, 1.82) is 0 Å². The summed E-state index contributed by atoms with van der Waals surface area (Å²) in [4.78, 5) is 22.9. The van der Waals surface area contributed by atoms with Crippen LogP contribution >= 0.6 is 15.9 Å². The molecule has 0 saturated heterocycles. The van der Waals surface area contributed by atoms with Crippen LogP contribution < -0.4 is 10.1 Å². The number of carbonyl (C=O) groups is 2. The molecule has 0 aliphatic rings. The van der Waals surface area contributed by atoms with Crippen molar-refractivity contribution >= 4 is 27.8 Å². The maximum Gasteiger partial charge on any atom is 0.303 e. The van der Waals surface area contributed by atoms with Gasteiger partial charge in [0.2, 0.25) is 5.91 Å². The van der Waals surface area contributed by atoms with Crippen molar-refractivity contribution in [2.24, 2.45) is 5.41 Å². The Morgan fingerprint density at radius 1 is 1.36 bits per heavy atom. The maximum atomic E-state index is 12.1. The molecule has 2 N–H and O–H groups in total. The number of amides is 1. The summed E-state index contributed by atoms with van der Waals surface area (Å²) in [6, 6.07) is 5.44. The highest BCUT2D eigenvalue weighted by Crippen LogP contribution is 2.29. The van der Waals surface area contributed by atoms with Gasteiger partial charge in [-0.1, -0.05) is 19.9 Å². The topological polar surface area (TPSA) is 75.6 Å². The molecule has 0 aliphatic carbocycles. The summed E-state index contributed by atoms with van der Waals surface area (Å²) < 4.78 is 5.99. The van der Waals surface area contributed by atoms with Crippen LogP contribution in [0.15, 0.2) is 22.7 Å². The summed E-state index contributed by atoms with van der Waals surface area (Å²) in [5.41, 5.74) is 0.368. The van der Waals surface area contributed by atoms with Crippen molar-refractivity contribution in [3.8, 4) is 5.75 Å². The fraction of sp³-hybridized carbons (Fsp3) is 0.500. The van der Waals surface area contributed by atoms with Gasteiger partial charge in [0.25, 0.3) is 0 Å². The van der Waals surface area contributed by atoms with Crippen LogP contribution in [-0.4, -0.2) is 24.1 Å². The van der Waals surface area contributed by atoms with Gasteiger partial charge in [0, 0.05) is 6.42 Å². The van der Waals surface area contributed by atoms with Crippen molar-refractivity contribution in [2.75, 3.05) is 7.11 Å². The number of carboxylic acid groups (broad SMARTS) is 1. The molecule has 0 aromatic heterocycles. The second kappa shape index (κ2) is 7.63. The highest BCUT2D eigenvalue weighted by atomic mass is 79.9. The second-order valence-electron chi connectivity index (χ2n) is 6.09. The second-order valence-corrected chi connectivity index (χ2v) is 6.95. The number of ether oxygens (including phenoxy) is 1. The first-order valence-electron chi connectivity index (χ1n) is 6.99. The number of hydrogen-bond acceptors (Lipinski definition) is 3. The van der Waals surface area contributed by atoms with E-state index in [0.29, 0.717) is 0 Å². The van der Waals surface area contributed by atoms with Crippen molar-refractivity contribution in [1.82, 2.24) is 5.32 Å². The molecule has 0 bridgehead atoms. The number of rotatable bonds is 7. The van der Waals surface area contributed by atoms with Gasteiger partial charge in [-0.15, -0.1) is 0 Å². The van der Waals surface area contributed by atoms with Gasteiger partial charge >= 0.3 is 5.97 Å². The number of nitrogens with one attached hydrogen (secondary N) is 1.